The highest BCUT2D eigenvalue weighted by molar-refractivity contribution is 5.96. The molecule has 6 heteroatoms. The zero-order valence-electron chi connectivity index (χ0n) is 14.0. The van der Waals surface area contributed by atoms with Crippen molar-refractivity contribution in [3.8, 4) is 0 Å². The standard InChI is InChI=1S/C20H19N3O3/c21-20(25)23-19(24)18(15-10-5-2-6-11-15)22-17(16-12-7-13-26-16)14-8-3-1-4-9-14/h1-13,17-18,22H,(H3,21,23,24,25)/p+1/t17-,18+/m0/s1. The summed E-state index contributed by atoms with van der Waals surface area (Å²) in [4.78, 5) is 23.8. The number of benzene rings is 2. The number of primary amides is 1. The van der Waals surface area contributed by atoms with Crippen molar-refractivity contribution in [1.29, 1.82) is 0 Å². The molecule has 3 rings (SSSR count). The second-order valence-electron chi connectivity index (χ2n) is 5.84. The van der Waals surface area contributed by atoms with Crippen LogP contribution in [0.4, 0.5) is 4.79 Å². The van der Waals surface area contributed by atoms with Crippen molar-refractivity contribution in [3.05, 3.63) is 95.9 Å². The van der Waals surface area contributed by atoms with E-state index >= 15 is 0 Å². The molecule has 0 fully saturated rings. The summed E-state index contributed by atoms with van der Waals surface area (Å²) in [6.07, 6.45) is 1.60. The van der Waals surface area contributed by atoms with Gasteiger partial charge in [-0.05, 0) is 12.1 Å². The van der Waals surface area contributed by atoms with Gasteiger partial charge in [0.05, 0.1) is 6.26 Å². The lowest BCUT2D eigenvalue weighted by atomic mass is 10.00. The molecule has 0 aliphatic carbocycles. The highest BCUT2D eigenvalue weighted by Crippen LogP contribution is 2.20. The Morgan fingerprint density at radius 1 is 0.885 bits per heavy atom. The van der Waals surface area contributed by atoms with Crippen molar-refractivity contribution < 1.29 is 19.3 Å². The SMILES string of the molecule is NC(=O)NC(=O)[C@H]([NH2+][C@@H](c1ccccc1)c1ccco1)c1ccccc1. The minimum Gasteiger partial charge on any atom is -0.463 e. The van der Waals surface area contributed by atoms with E-state index in [1.54, 1.807) is 12.3 Å². The number of carbonyl (C=O) groups excluding carboxylic acids is 2. The first-order valence-corrected chi connectivity index (χ1v) is 8.23. The summed E-state index contributed by atoms with van der Waals surface area (Å²) in [7, 11) is 0. The van der Waals surface area contributed by atoms with Gasteiger partial charge in [0, 0.05) is 11.1 Å². The van der Waals surface area contributed by atoms with Crippen LogP contribution in [0.2, 0.25) is 0 Å². The third kappa shape index (κ3) is 4.17. The third-order valence-corrected chi connectivity index (χ3v) is 4.08. The summed E-state index contributed by atoms with van der Waals surface area (Å²) < 4.78 is 5.59. The topological polar surface area (TPSA) is 102 Å². The smallest absolute Gasteiger partial charge is 0.319 e. The van der Waals surface area contributed by atoms with Crippen molar-refractivity contribution in [2.75, 3.05) is 0 Å². The number of furan rings is 1. The molecule has 0 bridgehead atoms. The highest BCUT2D eigenvalue weighted by atomic mass is 16.3. The van der Waals surface area contributed by atoms with Gasteiger partial charge in [0.25, 0.3) is 5.91 Å². The fourth-order valence-electron chi connectivity index (χ4n) is 2.90. The molecular weight excluding hydrogens is 330 g/mol. The molecule has 3 amide bonds. The Labute approximate surface area is 151 Å². The van der Waals surface area contributed by atoms with E-state index in [2.05, 4.69) is 5.32 Å². The van der Waals surface area contributed by atoms with Crippen LogP contribution < -0.4 is 16.4 Å². The van der Waals surface area contributed by atoms with Crippen LogP contribution in [0.15, 0.2) is 83.5 Å². The number of carbonyl (C=O) groups is 2. The average Bonchev–Trinajstić information content (AvgIpc) is 3.17. The van der Waals surface area contributed by atoms with Crippen LogP contribution in [0.5, 0.6) is 0 Å². The molecule has 0 unspecified atom stereocenters. The van der Waals surface area contributed by atoms with Crippen molar-refractivity contribution in [2.45, 2.75) is 12.1 Å². The normalized spacial score (nSPS) is 12.9. The second-order valence-corrected chi connectivity index (χ2v) is 5.84. The second kappa shape index (κ2) is 8.13. The summed E-state index contributed by atoms with van der Waals surface area (Å²) >= 11 is 0. The van der Waals surface area contributed by atoms with Gasteiger partial charge in [-0.3, -0.25) is 10.1 Å². The Morgan fingerprint density at radius 2 is 1.50 bits per heavy atom. The lowest BCUT2D eigenvalue weighted by Crippen LogP contribution is -2.88. The Kier molecular flexibility index (Phi) is 5.46. The van der Waals surface area contributed by atoms with Crippen LogP contribution in [0, 0.1) is 0 Å². The molecule has 2 atom stereocenters. The van der Waals surface area contributed by atoms with E-state index < -0.39 is 18.0 Å². The third-order valence-electron chi connectivity index (χ3n) is 4.08. The lowest BCUT2D eigenvalue weighted by Gasteiger charge is -2.21. The van der Waals surface area contributed by atoms with Crippen molar-refractivity contribution >= 4 is 11.9 Å². The lowest BCUT2D eigenvalue weighted by molar-refractivity contribution is -0.715. The number of hydrogen-bond donors (Lipinski definition) is 3. The molecule has 2 aromatic carbocycles. The highest BCUT2D eigenvalue weighted by Gasteiger charge is 2.31. The fourth-order valence-corrected chi connectivity index (χ4v) is 2.90. The summed E-state index contributed by atoms with van der Waals surface area (Å²) in [5.41, 5.74) is 6.89. The Hall–Kier alpha value is -3.38. The number of hydrogen-bond acceptors (Lipinski definition) is 3. The summed E-state index contributed by atoms with van der Waals surface area (Å²) in [6.45, 7) is 0. The van der Waals surface area contributed by atoms with Crippen molar-refractivity contribution in [3.63, 3.8) is 0 Å². The zero-order valence-corrected chi connectivity index (χ0v) is 14.0. The van der Waals surface area contributed by atoms with Crippen molar-refractivity contribution in [2.24, 2.45) is 5.73 Å². The van der Waals surface area contributed by atoms with Crippen LogP contribution in [0.1, 0.15) is 29.0 Å². The fraction of sp³-hybridized carbons (Fsp3) is 0.100. The van der Waals surface area contributed by atoms with Gasteiger partial charge in [-0.15, -0.1) is 0 Å². The van der Waals surface area contributed by atoms with E-state index in [0.717, 1.165) is 11.1 Å². The molecule has 0 saturated heterocycles. The molecule has 1 heterocycles. The van der Waals surface area contributed by atoms with E-state index in [0.29, 0.717) is 5.76 Å². The summed E-state index contributed by atoms with van der Waals surface area (Å²) in [5.74, 6) is 0.236. The minimum absolute atomic E-state index is 0.255. The minimum atomic E-state index is -0.876. The van der Waals surface area contributed by atoms with Gasteiger partial charge in [-0.25, -0.2) is 4.79 Å². The predicted octanol–water partition coefficient (Wildman–Crippen LogP) is 1.87. The van der Waals surface area contributed by atoms with Crippen LogP contribution >= 0.6 is 0 Å². The maximum atomic E-state index is 12.6. The van der Waals surface area contributed by atoms with E-state index in [4.69, 9.17) is 10.2 Å². The van der Waals surface area contributed by atoms with Gasteiger partial charge < -0.3 is 15.5 Å². The number of nitrogens with two attached hydrogens (primary N) is 2. The first-order valence-electron chi connectivity index (χ1n) is 8.23. The first kappa shape index (κ1) is 17.4. The Balaban J connectivity index is 1.97. The van der Waals surface area contributed by atoms with Crippen LogP contribution in [0.25, 0.3) is 0 Å². The molecule has 0 radical (unpaired) electrons. The molecule has 1 aromatic heterocycles. The van der Waals surface area contributed by atoms with E-state index in [-0.39, 0.29) is 6.04 Å². The predicted molar refractivity (Wildman–Crippen MR) is 95.8 cm³/mol. The Morgan fingerprint density at radius 3 is 2.04 bits per heavy atom. The van der Waals surface area contributed by atoms with Crippen LogP contribution in [-0.2, 0) is 4.79 Å². The number of rotatable bonds is 6. The molecule has 0 aliphatic rings. The molecule has 132 valence electrons. The number of amides is 3. The first-order chi connectivity index (χ1) is 12.6. The van der Waals surface area contributed by atoms with Gasteiger partial charge in [-0.2, -0.15) is 0 Å². The largest absolute Gasteiger partial charge is 0.463 e. The van der Waals surface area contributed by atoms with Gasteiger partial charge in [0.1, 0.15) is 0 Å². The molecule has 3 aromatic rings. The number of nitrogens with one attached hydrogen (secondary N) is 1. The molecule has 0 aliphatic heterocycles. The van der Waals surface area contributed by atoms with E-state index in [9.17, 15) is 9.59 Å². The molecule has 6 nitrogen and oxygen atoms in total. The summed E-state index contributed by atoms with van der Waals surface area (Å²) in [6, 6.07) is 20.8. The average molecular weight is 350 g/mol. The van der Waals surface area contributed by atoms with Crippen LogP contribution in [-0.4, -0.2) is 11.9 Å². The quantitative estimate of drug-likeness (QED) is 0.632. The van der Waals surface area contributed by atoms with Gasteiger partial charge in [0.2, 0.25) is 0 Å². The van der Waals surface area contributed by atoms with Gasteiger partial charge in [-0.1, -0.05) is 60.7 Å². The number of urea groups is 1. The molecule has 0 saturated carbocycles. The Bertz CT molecular complexity index is 849. The maximum absolute atomic E-state index is 12.6. The van der Waals surface area contributed by atoms with Crippen molar-refractivity contribution in [1.82, 2.24) is 5.32 Å². The van der Waals surface area contributed by atoms with E-state index in [1.165, 1.54) is 0 Å². The zero-order chi connectivity index (χ0) is 18.4. The molecular formula is C20H20N3O3+. The van der Waals surface area contributed by atoms with Gasteiger partial charge in [0.15, 0.2) is 17.8 Å². The van der Waals surface area contributed by atoms with E-state index in [1.807, 2.05) is 72.0 Å². The summed E-state index contributed by atoms with van der Waals surface area (Å²) in [5, 5.41) is 4.04. The maximum Gasteiger partial charge on any atom is 0.319 e. The molecule has 0 spiro atoms. The van der Waals surface area contributed by atoms with Crippen LogP contribution in [0.3, 0.4) is 0 Å². The number of quaternary nitrogens is 1. The molecule has 26 heavy (non-hydrogen) atoms. The monoisotopic (exact) mass is 350 g/mol. The number of imide groups is 1. The van der Waals surface area contributed by atoms with Gasteiger partial charge >= 0.3 is 6.03 Å². The molecule has 5 N–H and O–H groups in total.